The molecule has 3 aromatic heterocycles. The number of carbonyl (C=O) groups excluding carboxylic acids is 1. The topological polar surface area (TPSA) is 120 Å². The monoisotopic (exact) mass is 276 g/mol. The van der Waals surface area contributed by atoms with Crippen molar-refractivity contribution in [1.29, 1.82) is 0 Å². The standard InChI is InChI=1S/C10H8N6O2S/c11-6-7-10(13-2-1-12-7)19-8(6)9(17)14-3-5-15-4-18-16-5/h1-2,4H,3,11H2,(H,14,17). The van der Waals surface area contributed by atoms with Gasteiger partial charge in [0.15, 0.2) is 5.82 Å². The van der Waals surface area contributed by atoms with Gasteiger partial charge >= 0.3 is 0 Å². The number of fused-ring (bicyclic) bond motifs is 1. The summed E-state index contributed by atoms with van der Waals surface area (Å²) in [5, 5.41) is 6.25. The number of carbonyl (C=O) groups is 1. The maximum Gasteiger partial charge on any atom is 0.264 e. The number of hydrogen-bond donors (Lipinski definition) is 2. The summed E-state index contributed by atoms with van der Waals surface area (Å²) in [6.07, 6.45) is 4.29. The van der Waals surface area contributed by atoms with Crippen molar-refractivity contribution in [1.82, 2.24) is 25.4 Å². The van der Waals surface area contributed by atoms with Crippen LogP contribution in [0, 0.1) is 0 Å². The number of nitrogens with two attached hydrogens (primary N) is 1. The number of nitrogen functional groups attached to an aromatic ring is 1. The SMILES string of the molecule is Nc1c(C(=O)NCc2ncon2)sc2nccnc12. The molecule has 0 spiro atoms. The molecule has 19 heavy (non-hydrogen) atoms. The first-order valence-electron chi connectivity index (χ1n) is 5.28. The van der Waals surface area contributed by atoms with E-state index in [1.54, 1.807) is 6.20 Å². The Morgan fingerprint density at radius 3 is 2.95 bits per heavy atom. The number of amides is 1. The van der Waals surface area contributed by atoms with Gasteiger partial charge in [0.1, 0.15) is 15.2 Å². The minimum absolute atomic E-state index is 0.171. The summed E-state index contributed by atoms with van der Waals surface area (Å²) in [6.45, 7) is 0.171. The largest absolute Gasteiger partial charge is 0.396 e. The molecule has 0 saturated carbocycles. The Morgan fingerprint density at radius 1 is 1.37 bits per heavy atom. The van der Waals surface area contributed by atoms with Crippen molar-refractivity contribution in [2.24, 2.45) is 0 Å². The van der Waals surface area contributed by atoms with Gasteiger partial charge in [-0.3, -0.25) is 4.79 Å². The molecule has 0 fully saturated rings. The Labute approximate surface area is 110 Å². The lowest BCUT2D eigenvalue weighted by Gasteiger charge is -2.00. The summed E-state index contributed by atoms with van der Waals surface area (Å²) < 4.78 is 4.57. The van der Waals surface area contributed by atoms with Crippen molar-refractivity contribution in [3.05, 3.63) is 29.5 Å². The number of thiophene rings is 1. The van der Waals surface area contributed by atoms with E-state index in [1.165, 1.54) is 23.9 Å². The molecule has 3 rings (SSSR count). The number of nitrogens with zero attached hydrogens (tertiary/aromatic N) is 4. The number of aromatic nitrogens is 4. The van der Waals surface area contributed by atoms with Crippen molar-refractivity contribution in [2.75, 3.05) is 5.73 Å². The molecule has 0 bridgehead atoms. The second kappa shape index (κ2) is 4.61. The van der Waals surface area contributed by atoms with Gasteiger partial charge in [0.05, 0.1) is 12.2 Å². The Bertz CT molecular complexity index is 723. The second-order valence-corrected chi connectivity index (χ2v) is 4.58. The molecule has 9 heteroatoms. The van der Waals surface area contributed by atoms with Crippen LogP contribution in [0.25, 0.3) is 10.3 Å². The van der Waals surface area contributed by atoms with Crippen molar-refractivity contribution < 1.29 is 9.32 Å². The molecule has 3 N–H and O–H groups in total. The summed E-state index contributed by atoms with van der Waals surface area (Å²) >= 11 is 1.19. The molecule has 96 valence electrons. The van der Waals surface area contributed by atoms with Crippen molar-refractivity contribution in [2.45, 2.75) is 6.54 Å². The molecular formula is C10H8N6O2S. The highest BCUT2D eigenvalue weighted by Crippen LogP contribution is 2.30. The van der Waals surface area contributed by atoms with Gasteiger partial charge in [-0.25, -0.2) is 9.97 Å². The molecule has 1 amide bonds. The van der Waals surface area contributed by atoms with Crippen molar-refractivity contribution in [3.8, 4) is 0 Å². The summed E-state index contributed by atoms with van der Waals surface area (Å²) in [4.78, 5) is 25.0. The lowest BCUT2D eigenvalue weighted by molar-refractivity contribution is 0.0954. The van der Waals surface area contributed by atoms with E-state index in [-0.39, 0.29) is 12.5 Å². The van der Waals surface area contributed by atoms with Crippen LogP contribution in [0.3, 0.4) is 0 Å². The maximum atomic E-state index is 12.0. The minimum atomic E-state index is -0.313. The van der Waals surface area contributed by atoms with Gasteiger partial charge in [-0.1, -0.05) is 5.16 Å². The number of nitrogens with one attached hydrogen (secondary N) is 1. The fraction of sp³-hybridized carbons (Fsp3) is 0.100. The van der Waals surface area contributed by atoms with E-state index in [1.807, 2.05) is 0 Å². The normalized spacial score (nSPS) is 10.7. The quantitative estimate of drug-likeness (QED) is 0.718. The van der Waals surface area contributed by atoms with Crippen LogP contribution in [0.1, 0.15) is 15.5 Å². The van der Waals surface area contributed by atoms with Gasteiger partial charge in [0.25, 0.3) is 5.91 Å². The number of anilines is 1. The number of rotatable bonds is 3. The molecule has 0 aliphatic carbocycles. The first-order chi connectivity index (χ1) is 9.25. The highest BCUT2D eigenvalue weighted by molar-refractivity contribution is 7.21. The fourth-order valence-electron chi connectivity index (χ4n) is 1.52. The van der Waals surface area contributed by atoms with Gasteiger partial charge in [-0.15, -0.1) is 11.3 Å². The van der Waals surface area contributed by atoms with Gasteiger partial charge in [-0.05, 0) is 0 Å². The average Bonchev–Trinajstić information content (AvgIpc) is 3.05. The zero-order chi connectivity index (χ0) is 13.2. The van der Waals surface area contributed by atoms with E-state index in [2.05, 4.69) is 29.9 Å². The smallest absolute Gasteiger partial charge is 0.264 e. The summed E-state index contributed by atoms with van der Waals surface area (Å²) in [6, 6.07) is 0. The highest BCUT2D eigenvalue weighted by atomic mass is 32.1. The third-order valence-corrected chi connectivity index (χ3v) is 3.48. The van der Waals surface area contributed by atoms with Crippen molar-refractivity contribution in [3.63, 3.8) is 0 Å². The molecule has 3 heterocycles. The summed E-state index contributed by atoms with van der Waals surface area (Å²) in [5.41, 5.74) is 6.76. The van der Waals surface area contributed by atoms with E-state index < -0.39 is 0 Å². The van der Waals surface area contributed by atoms with Gasteiger partial charge in [-0.2, -0.15) is 4.98 Å². The first kappa shape index (κ1) is 11.5. The minimum Gasteiger partial charge on any atom is -0.396 e. The summed E-state index contributed by atoms with van der Waals surface area (Å²) in [5.74, 6) is 0.0800. The Hall–Kier alpha value is -2.55. The van der Waals surface area contributed by atoms with E-state index >= 15 is 0 Å². The molecule has 3 aromatic rings. The highest BCUT2D eigenvalue weighted by Gasteiger charge is 2.17. The molecule has 0 unspecified atom stereocenters. The van der Waals surface area contributed by atoms with Gasteiger partial charge in [0.2, 0.25) is 6.39 Å². The Balaban J connectivity index is 1.83. The van der Waals surface area contributed by atoms with E-state index in [9.17, 15) is 4.79 Å². The first-order valence-corrected chi connectivity index (χ1v) is 6.10. The van der Waals surface area contributed by atoms with Gasteiger partial charge < -0.3 is 15.6 Å². The van der Waals surface area contributed by atoms with Crippen LogP contribution in [0.2, 0.25) is 0 Å². The molecule has 0 atom stereocenters. The van der Waals surface area contributed by atoms with Crippen LogP contribution in [-0.4, -0.2) is 26.0 Å². The number of hydrogen-bond acceptors (Lipinski definition) is 8. The molecule has 0 aromatic carbocycles. The predicted molar refractivity (Wildman–Crippen MR) is 67.3 cm³/mol. The molecule has 0 saturated heterocycles. The molecular weight excluding hydrogens is 268 g/mol. The van der Waals surface area contributed by atoms with Crippen LogP contribution in [-0.2, 0) is 6.54 Å². The fourth-order valence-corrected chi connectivity index (χ4v) is 2.46. The lowest BCUT2D eigenvalue weighted by atomic mass is 10.3. The van der Waals surface area contributed by atoms with Crippen LogP contribution >= 0.6 is 11.3 Å². The third kappa shape index (κ3) is 2.10. The van der Waals surface area contributed by atoms with Crippen LogP contribution in [0.5, 0.6) is 0 Å². The molecule has 0 radical (unpaired) electrons. The van der Waals surface area contributed by atoms with E-state index in [0.717, 1.165) is 0 Å². The Kier molecular flexibility index (Phi) is 2.80. The van der Waals surface area contributed by atoms with Crippen LogP contribution < -0.4 is 11.1 Å². The zero-order valence-electron chi connectivity index (χ0n) is 9.53. The predicted octanol–water partition coefficient (Wildman–Crippen LogP) is 0.586. The van der Waals surface area contributed by atoms with Crippen LogP contribution in [0.4, 0.5) is 5.69 Å². The van der Waals surface area contributed by atoms with Crippen molar-refractivity contribution >= 4 is 33.3 Å². The molecule has 0 aliphatic rings. The Morgan fingerprint density at radius 2 is 2.21 bits per heavy atom. The maximum absolute atomic E-state index is 12.0. The zero-order valence-corrected chi connectivity index (χ0v) is 10.3. The average molecular weight is 276 g/mol. The van der Waals surface area contributed by atoms with E-state index in [0.29, 0.717) is 26.7 Å². The second-order valence-electron chi connectivity index (χ2n) is 3.59. The third-order valence-electron chi connectivity index (χ3n) is 2.38. The summed E-state index contributed by atoms with van der Waals surface area (Å²) in [7, 11) is 0. The van der Waals surface area contributed by atoms with Gasteiger partial charge in [0, 0.05) is 12.4 Å². The molecule has 0 aliphatic heterocycles. The lowest BCUT2D eigenvalue weighted by Crippen LogP contribution is -2.23. The van der Waals surface area contributed by atoms with Crippen LogP contribution in [0.15, 0.2) is 23.3 Å². The molecule has 8 nitrogen and oxygen atoms in total. The van der Waals surface area contributed by atoms with E-state index in [4.69, 9.17) is 5.73 Å².